The number of carbonyl (C=O) groups is 1. The molecule has 0 spiro atoms. The van der Waals surface area contributed by atoms with E-state index in [1.54, 1.807) is 24.3 Å². The maximum Gasteiger partial charge on any atom is 0.264 e. The van der Waals surface area contributed by atoms with Gasteiger partial charge in [-0.1, -0.05) is 24.3 Å². The van der Waals surface area contributed by atoms with Crippen molar-refractivity contribution in [3.63, 3.8) is 0 Å². The lowest BCUT2D eigenvalue weighted by Gasteiger charge is -2.19. The second-order valence-corrected chi connectivity index (χ2v) is 9.00. The first kappa shape index (κ1) is 20.7. The van der Waals surface area contributed by atoms with E-state index in [1.165, 1.54) is 35.6 Å². The fourth-order valence-corrected chi connectivity index (χ4v) is 4.43. The Morgan fingerprint density at radius 1 is 0.968 bits per heavy atom. The van der Waals surface area contributed by atoms with E-state index in [1.807, 2.05) is 24.3 Å². The molecular weight excluding hydrogens is 416 g/mol. The van der Waals surface area contributed by atoms with Crippen molar-refractivity contribution in [1.82, 2.24) is 5.32 Å². The predicted octanol–water partition coefficient (Wildman–Crippen LogP) is 3.21. The number of sulfonamides is 1. The van der Waals surface area contributed by atoms with Crippen LogP contribution in [0, 0.1) is 0 Å². The van der Waals surface area contributed by atoms with Gasteiger partial charge in [-0.05, 0) is 60.5 Å². The minimum atomic E-state index is -3.71. The summed E-state index contributed by atoms with van der Waals surface area (Å²) in [5.74, 6) is 1.17. The third kappa shape index (κ3) is 4.49. The molecule has 0 saturated heterocycles. The highest BCUT2D eigenvalue weighted by Gasteiger charge is 2.21. The van der Waals surface area contributed by atoms with Crippen LogP contribution in [0.15, 0.2) is 77.7 Å². The molecule has 0 unspecified atom stereocenters. The third-order valence-electron chi connectivity index (χ3n) is 5.03. The molecule has 1 amide bonds. The molecule has 31 heavy (non-hydrogen) atoms. The van der Waals surface area contributed by atoms with Gasteiger partial charge in [0.2, 0.25) is 6.79 Å². The highest BCUT2D eigenvalue weighted by molar-refractivity contribution is 7.92. The van der Waals surface area contributed by atoms with Crippen LogP contribution in [0.3, 0.4) is 0 Å². The van der Waals surface area contributed by atoms with E-state index >= 15 is 0 Å². The van der Waals surface area contributed by atoms with Crippen molar-refractivity contribution in [3.05, 3.63) is 83.9 Å². The average Bonchev–Trinajstić information content (AvgIpc) is 3.27. The number of benzene rings is 3. The van der Waals surface area contributed by atoms with Crippen molar-refractivity contribution in [2.45, 2.75) is 11.3 Å². The second-order valence-electron chi connectivity index (χ2n) is 7.03. The van der Waals surface area contributed by atoms with Crippen LogP contribution in [0.25, 0.3) is 0 Å². The molecule has 0 fully saturated rings. The summed E-state index contributed by atoms with van der Waals surface area (Å²) in [5, 5.41) is 2.85. The maximum absolute atomic E-state index is 12.8. The Kier molecular flexibility index (Phi) is 5.81. The number of rotatable bonds is 7. The van der Waals surface area contributed by atoms with Gasteiger partial charge in [0.25, 0.3) is 15.9 Å². The summed E-state index contributed by atoms with van der Waals surface area (Å²) in [5.41, 5.74) is 1.98. The molecule has 3 aromatic rings. The number of amides is 1. The number of hydrogen-bond acceptors (Lipinski definition) is 5. The molecule has 1 N–H and O–H groups in total. The first-order chi connectivity index (χ1) is 14.9. The van der Waals surface area contributed by atoms with E-state index in [9.17, 15) is 13.2 Å². The molecule has 1 aliphatic heterocycles. The van der Waals surface area contributed by atoms with E-state index in [-0.39, 0.29) is 17.6 Å². The van der Waals surface area contributed by atoms with Gasteiger partial charge in [-0.2, -0.15) is 0 Å². The molecule has 0 bridgehead atoms. The molecule has 8 heteroatoms. The highest BCUT2D eigenvalue weighted by atomic mass is 32.2. The SMILES string of the molecule is CN(c1ccccc1)S(=O)(=O)c1ccc(C(=O)NCCc2ccc3c(c2)OCO3)cc1. The molecule has 7 nitrogen and oxygen atoms in total. The van der Waals surface area contributed by atoms with Gasteiger partial charge in [0.15, 0.2) is 11.5 Å². The zero-order valence-corrected chi connectivity index (χ0v) is 17.8. The van der Waals surface area contributed by atoms with Crippen LogP contribution >= 0.6 is 0 Å². The van der Waals surface area contributed by atoms with Gasteiger partial charge in [-0.15, -0.1) is 0 Å². The molecule has 1 heterocycles. The number of carbonyl (C=O) groups excluding carboxylic acids is 1. The lowest BCUT2D eigenvalue weighted by molar-refractivity contribution is 0.0954. The van der Waals surface area contributed by atoms with Crippen molar-refractivity contribution in [1.29, 1.82) is 0 Å². The summed E-state index contributed by atoms with van der Waals surface area (Å²) in [6.45, 7) is 0.664. The van der Waals surface area contributed by atoms with Crippen molar-refractivity contribution < 1.29 is 22.7 Å². The molecule has 0 aliphatic carbocycles. The third-order valence-corrected chi connectivity index (χ3v) is 6.83. The van der Waals surface area contributed by atoms with Gasteiger partial charge in [0.05, 0.1) is 10.6 Å². The minimum absolute atomic E-state index is 0.121. The quantitative estimate of drug-likeness (QED) is 0.612. The summed E-state index contributed by atoms with van der Waals surface area (Å²) in [4.78, 5) is 12.5. The Bertz CT molecular complexity index is 1180. The predicted molar refractivity (Wildman–Crippen MR) is 117 cm³/mol. The number of anilines is 1. The van der Waals surface area contributed by atoms with Crippen molar-refractivity contribution in [3.8, 4) is 11.5 Å². The van der Waals surface area contributed by atoms with Gasteiger partial charge in [-0.25, -0.2) is 8.42 Å². The van der Waals surface area contributed by atoms with Crippen LogP contribution in [-0.2, 0) is 16.4 Å². The lowest BCUT2D eigenvalue weighted by Crippen LogP contribution is -2.27. The van der Waals surface area contributed by atoms with Gasteiger partial charge in [0.1, 0.15) is 0 Å². The molecular formula is C23H22N2O5S. The zero-order valence-electron chi connectivity index (χ0n) is 16.9. The summed E-state index contributed by atoms with van der Waals surface area (Å²) in [6.07, 6.45) is 0.636. The van der Waals surface area contributed by atoms with Crippen LogP contribution < -0.4 is 19.1 Å². The van der Waals surface area contributed by atoms with Crippen molar-refractivity contribution >= 4 is 21.6 Å². The summed E-state index contributed by atoms with van der Waals surface area (Å²) in [7, 11) is -2.21. The molecule has 0 aromatic heterocycles. The molecule has 0 radical (unpaired) electrons. The van der Waals surface area contributed by atoms with Gasteiger partial charge in [0, 0.05) is 19.2 Å². The van der Waals surface area contributed by atoms with Crippen molar-refractivity contribution in [2.75, 3.05) is 24.7 Å². The topological polar surface area (TPSA) is 84.9 Å². The average molecular weight is 439 g/mol. The monoisotopic (exact) mass is 438 g/mol. The number of fused-ring (bicyclic) bond motifs is 1. The number of nitrogens with zero attached hydrogens (tertiary/aromatic N) is 1. The fourth-order valence-electron chi connectivity index (χ4n) is 3.23. The maximum atomic E-state index is 12.8. The molecule has 0 atom stereocenters. The number of nitrogens with one attached hydrogen (secondary N) is 1. The Morgan fingerprint density at radius 3 is 2.42 bits per heavy atom. The summed E-state index contributed by atoms with van der Waals surface area (Å²) in [6, 6.07) is 20.4. The largest absolute Gasteiger partial charge is 0.454 e. The Balaban J connectivity index is 1.36. The van der Waals surface area contributed by atoms with Crippen LogP contribution in [0.5, 0.6) is 11.5 Å². The zero-order chi connectivity index (χ0) is 21.8. The number of para-hydroxylation sites is 1. The standard InChI is InChI=1S/C23H22N2O5S/c1-25(19-5-3-2-4-6-19)31(27,28)20-10-8-18(9-11-20)23(26)24-14-13-17-7-12-21-22(15-17)30-16-29-21/h2-12,15H,13-14,16H2,1H3,(H,24,26). The first-order valence-electron chi connectivity index (χ1n) is 9.76. The molecule has 0 saturated carbocycles. The lowest BCUT2D eigenvalue weighted by atomic mass is 10.1. The van der Waals surface area contributed by atoms with Gasteiger partial charge in [-0.3, -0.25) is 9.10 Å². The second kappa shape index (κ2) is 8.69. The molecule has 1 aliphatic rings. The van der Waals surface area contributed by atoms with E-state index < -0.39 is 10.0 Å². The summed E-state index contributed by atoms with van der Waals surface area (Å²) >= 11 is 0. The Morgan fingerprint density at radius 2 is 1.68 bits per heavy atom. The normalized spacial score (nSPS) is 12.4. The number of ether oxygens (including phenoxy) is 2. The van der Waals surface area contributed by atoms with Crippen LogP contribution in [0.4, 0.5) is 5.69 Å². The van der Waals surface area contributed by atoms with Crippen molar-refractivity contribution in [2.24, 2.45) is 0 Å². The van der Waals surface area contributed by atoms with E-state index in [4.69, 9.17) is 9.47 Å². The molecule has 160 valence electrons. The first-order valence-corrected chi connectivity index (χ1v) is 11.2. The minimum Gasteiger partial charge on any atom is -0.454 e. The summed E-state index contributed by atoms with van der Waals surface area (Å²) < 4.78 is 37.5. The van der Waals surface area contributed by atoms with E-state index in [2.05, 4.69) is 5.32 Å². The van der Waals surface area contributed by atoms with Crippen LogP contribution in [0.1, 0.15) is 15.9 Å². The molecule has 4 rings (SSSR count). The smallest absolute Gasteiger partial charge is 0.264 e. The van der Waals surface area contributed by atoms with E-state index in [0.717, 1.165) is 11.3 Å². The van der Waals surface area contributed by atoms with Gasteiger partial charge < -0.3 is 14.8 Å². The van der Waals surface area contributed by atoms with Crippen LogP contribution in [-0.4, -0.2) is 34.7 Å². The fraction of sp³-hybridized carbons (Fsp3) is 0.174. The molecule has 3 aromatic carbocycles. The van der Waals surface area contributed by atoms with Gasteiger partial charge >= 0.3 is 0 Å². The Hall–Kier alpha value is -3.52. The number of hydrogen-bond donors (Lipinski definition) is 1. The van der Waals surface area contributed by atoms with Crippen LogP contribution in [0.2, 0.25) is 0 Å². The van der Waals surface area contributed by atoms with E-state index in [0.29, 0.717) is 30.0 Å². The highest BCUT2D eigenvalue weighted by Crippen LogP contribution is 2.32. The Labute approximate surface area is 181 Å².